The molecule has 0 aromatic heterocycles. The number of hydrogen-bond donors (Lipinski definition) is 1. The average molecular weight is 468 g/mol. The van der Waals surface area contributed by atoms with Crippen molar-refractivity contribution >= 4 is 34.7 Å². The molecule has 0 radical (unpaired) electrons. The number of esters is 1. The summed E-state index contributed by atoms with van der Waals surface area (Å²) in [4.78, 5) is 38.8. The first kappa shape index (κ1) is 22.5. The lowest BCUT2D eigenvalue weighted by Gasteiger charge is -2.40. The first-order chi connectivity index (χ1) is 15.8. The largest absolute Gasteiger partial charge is 0.463 e. The zero-order valence-electron chi connectivity index (χ0n) is 17.9. The first-order valence-electron chi connectivity index (χ1n) is 10.6. The third-order valence-electron chi connectivity index (χ3n) is 5.79. The van der Waals surface area contributed by atoms with E-state index >= 15 is 0 Å². The van der Waals surface area contributed by atoms with Gasteiger partial charge < -0.3 is 10.5 Å². The summed E-state index contributed by atoms with van der Waals surface area (Å²) in [5, 5.41) is 11.9. The van der Waals surface area contributed by atoms with Crippen molar-refractivity contribution in [2.45, 2.75) is 32.1 Å². The second-order valence-electron chi connectivity index (χ2n) is 7.75. The number of carbonyl (C=O) groups excluding carboxylic acids is 2. The second kappa shape index (κ2) is 9.07. The van der Waals surface area contributed by atoms with Crippen LogP contribution in [0, 0.1) is 10.1 Å². The maximum absolute atomic E-state index is 13.2. The van der Waals surface area contributed by atoms with E-state index in [0.717, 1.165) is 0 Å². The number of Topliss-reactive ketones (excluding diaryl/α,β-unsaturated/α-hetero) is 1. The summed E-state index contributed by atoms with van der Waals surface area (Å²) in [7, 11) is 0. The Hall–Kier alpha value is -3.65. The van der Waals surface area contributed by atoms with E-state index in [1.54, 1.807) is 48.2 Å². The molecule has 2 aromatic rings. The van der Waals surface area contributed by atoms with E-state index < -0.39 is 16.8 Å². The van der Waals surface area contributed by atoms with Crippen LogP contribution in [0.2, 0.25) is 5.02 Å². The minimum absolute atomic E-state index is 0.0855. The van der Waals surface area contributed by atoms with Gasteiger partial charge in [-0.05, 0) is 43.5 Å². The lowest BCUT2D eigenvalue weighted by Crippen LogP contribution is -2.41. The van der Waals surface area contributed by atoms with Crippen LogP contribution in [0.25, 0.3) is 0 Å². The number of halogens is 1. The lowest BCUT2D eigenvalue weighted by molar-refractivity contribution is -0.384. The minimum Gasteiger partial charge on any atom is -0.463 e. The van der Waals surface area contributed by atoms with Crippen molar-refractivity contribution in [3.05, 3.63) is 91.9 Å². The van der Waals surface area contributed by atoms with E-state index in [0.29, 0.717) is 46.8 Å². The highest BCUT2D eigenvalue weighted by Gasteiger charge is 2.43. The van der Waals surface area contributed by atoms with Gasteiger partial charge in [-0.1, -0.05) is 29.8 Å². The van der Waals surface area contributed by atoms with Gasteiger partial charge in [-0.15, -0.1) is 0 Å². The van der Waals surface area contributed by atoms with Crippen molar-refractivity contribution < 1.29 is 19.2 Å². The number of benzene rings is 2. The van der Waals surface area contributed by atoms with Crippen LogP contribution in [0.3, 0.4) is 0 Å². The molecule has 0 spiro atoms. The number of carbonyl (C=O) groups is 2. The van der Waals surface area contributed by atoms with Gasteiger partial charge in [-0.3, -0.25) is 19.8 Å². The van der Waals surface area contributed by atoms with Crippen molar-refractivity contribution in [2.24, 2.45) is 5.73 Å². The number of ketones is 1. The quantitative estimate of drug-likeness (QED) is 0.388. The zero-order chi connectivity index (χ0) is 23.7. The molecule has 2 N–H and O–H groups in total. The Bertz CT molecular complexity index is 1200. The van der Waals surface area contributed by atoms with Crippen LogP contribution < -0.4 is 10.6 Å². The van der Waals surface area contributed by atoms with Crippen molar-refractivity contribution in [3.63, 3.8) is 0 Å². The molecule has 0 fully saturated rings. The molecular weight excluding hydrogens is 446 g/mol. The number of rotatable bonds is 5. The van der Waals surface area contributed by atoms with E-state index in [4.69, 9.17) is 22.1 Å². The molecule has 0 bridgehead atoms. The van der Waals surface area contributed by atoms with E-state index in [2.05, 4.69) is 0 Å². The molecule has 0 saturated carbocycles. The predicted octanol–water partition coefficient (Wildman–Crippen LogP) is 4.59. The highest BCUT2D eigenvalue weighted by Crippen LogP contribution is 2.47. The molecular formula is C24H22ClN3O5. The average Bonchev–Trinajstić information content (AvgIpc) is 2.79. The number of ether oxygens (including phenoxy) is 1. The number of hydrogen-bond acceptors (Lipinski definition) is 7. The SMILES string of the molecule is CCOC(=O)C1=C(N)N(c2cccc([N+](=O)[O-])c2)C2=C(C(=O)CCC2)[C@@H]1c1ccc(Cl)cc1. The molecule has 2 aromatic carbocycles. The Labute approximate surface area is 195 Å². The van der Waals surface area contributed by atoms with Crippen LogP contribution in [0.4, 0.5) is 11.4 Å². The standard InChI is InChI=1S/C24H22ClN3O5/c1-2-33-24(30)22-20(14-9-11-15(25)12-10-14)21-18(7-4-8-19(21)29)27(23(22)26)16-5-3-6-17(13-16)28(31)32/h3,5-6,9-13,20H,2,4,7-8,26H2,1H3/t20-/m0/s1. The first-order valence-corrected chi connectivity index (χ1v) is 10.9. The van der Waals surface area contributed by atoms with Crippen LogP contribution in [0.15, 0.2) is 71.2 Å². The molecule has 33 heavy (non-hydrogen) atoms. The fourth-order valence-electron chi connectivity index (χ4n) is 4.43. The summed E-state index contributed by atoms with van der Waals surface area (Å²) in [6.07, 6.45) is 1.48. The number of nitro benzene ring substituents is 1. The lowest BCUT2D eigenvalue weighted by atomic mass is 9.75. The van der Waals surface area contributed by atoms with Crippen molar-refractivity contribution in [3.8, 4) is 0 Å². The number of nitrogens with two attached hydrogens (primary N) is 1. The van der Waals surface area contributed by atoms with Crippen LogP contribution in [0.1, 0.15) is 37.7 Å². The van der Waals surface area contributed by atoms with Gasteiger partial charge in [-0.25, -0.2) is 4.79 Å². The molecule has 0 amide bonds. The Morgan fingerprint density at radius 1 is 1.24 bits per heavy atom. The molecule has 1 heterocycles. The normalized spacial score (nSPS) is 18.3. The van der Waals surface area contributed by atoms with Gasteiger partial charge in [-0.2, -0.15) is 0 Å². The van der Waals surface area contributed by atoms with Gasteiger partial charge in [0.25, 0.3) is 5.69 Å². The van der Waals surface area contributed by atoms with Gasteiger partial charge in [0.1, 0.15) is 5.82 Å². The number of allylic oxidation sites excluding steroid dienone is 2. The monoisotopic (exact) mass is 467 g/mol. The summed E-state index contributed by atoms with van der Waals surface area (Å²) >= 11 is 6.07. The minimum atomic E-state index is -0.723. The van der Waals surface area contributed by atoms with Crippen molar-refractivity contribution in [2.75, 3.05) is 11.5 Å². The molecule has 8 nitrogen and oxygen atoms in total. The van der Waals surface area contributed by atoms with Gasteiger partial charge in [0.05, 0.1) is 28.7 Å². The van der Waals surface area contributed by atoms with E-state index in [9.17, 15) is 19.7 Å². The van der Waals surface area contributed by atoms with Crippen molar-refractivity contribution in [1.82, 2.24) is 0 Å². The Kier molecular flexibility index (Phi) is 6.20. The summed E-state index contributed by atoms with van der Waals surface area (Å²) < 4.78 is 5.32. The molecule has 170 valence electrons. The third kappa shape index (κ3) is 4.09. The second-order valence-corrected chi connectivity index (χ2v) is 8.19. The third-order valence-corrected chi connectivity index (χ3v) is 6.04. The number of anilines is 1. The maximum Gasteiger partial charge on any atom is 0.338 e. The van der Waals surface area contributed by atoms with Crippen LogP contribution >= 0.6 is 11.6 Å². The summed E-state index contributed by atoms with van der Waals surface area (Å²) in [5.41, 5.74) is 8.77. The predicted molar refractivity (Wildman–Crippen MR) is 123 cm³/mol. The van der Waals surface area contributed by atoms with Crippen molar-refractivity contribution in [1.29, 1.82) is 0 Å². The molecule has 9 heteroatoms. The summed E-state index contributed by atoms with van der Waals surface area (Å²) in [6, 6.07) is 12.9. The van der Waals surface area contributed by atoms with E-state index in [1.807, 2.05) is 0 Å². The Morgan fingerprint density at radius 3 is 2.64 bits per heavy atom. The highest BCUT2D eigenvalue weighted by atomic mass is 35.5. The fraction of sp³-hybridized carbons (Fsp3) is 0.250. The topological polar surface area (TPSA) is 116 Å². The van der Waals surface area contributed by atoms with Gasteiger partial charge in [0.2, 0.25) is 0 Å². The van der Waals surface area contributed by atoms with Gasteiger partial charge in [0.15, 0.2) is 5.78 Å². The van der Waals surface area contributed by atoms with Crippen LogP contribution in [-0.2, 0) is 14.3 Å². The van der Waals surface area contributed by atoms with Gasteiger partial charge in [0, 0.05) is 34.8 Å². The molecule has 4 rings (SSSR count). The number of non-ortho nitro benzene ring substituents is 1. The Balaban J connectivity index is 1.99. The maximum atomic E-state index is 13.2. The Morgan fingerprint density at radius 2 is 1.97 bits per heavy atom. The molecule has 1 atom stereocenters. The molecule has 1 aliphatic carbocycles. The van der Waals surface area contributed by atoms with Gasteiger partial charge >= 0.3 is 5.97 Å². The summed E-state index contributed by atoms with van der Waals surface area (Å²) in [5.74, 6) is -1.38. The van der Waals surface area contributed by atoms with E-state index in [1.165, 1.54) is 12.1 Å². The number of nitrogens with zero attached hydrogens (tertiary/aromatic N) is 2. The molecule has 2 aliphatic rings. The molecule has 1 aliphatic heterocycles. The smallest absolute Gasteiger partial charge is 0.338 e. The zero-order valence-corrected chi connectivity index (χ0v) is 18.7. The number of nitro groups is 1. The van der Waals surface area contributed by atoms with E-state index in [-0.39, 0.29) is 29.5 Å². The molecule has 0 unspecified atom stereocenters. The summed E-state index contributed by atoms with van der Waals surface area (Å²) in [6.45, 7) is 1.81. The fourth-order valence-corrected chi connectivity index (χ4v) is 4.55. The molecule has 0 saturated heterocycles. The van der Waals surface area contributed by atoms with Crippen LogP contribution in [-0.4, -0.2) is 23.3 Å². The highest BCUT2D eigenvalue weighted by molar-refractivity contribution is 6.30. The van der Waals surface area contributed by atoms with Crippen LogP contribution in [0.5, 0.6) is 0 Å².